The first-order valence-electron chi connectivity index (χ1n) is 5.75. The molecule has 2 rings (SSSR count). The SMILES string of the molecule is Cc1nc(C(N)CO)cc(N2CCOCC2)n1. The second-order valence-electron chi connectivity index (χ2n) is 4.09. The van der Waals surface area contributed by atoms with Crippen molar-refractivity contribution in [2.24, 2.45) is 5.73 Å². The molecule has 1 saturated heterocycles. The molecule has 0 amide bonds. The van der Waals surface area contributed by atoms with E-state index in [1.165, 1.54) is 0 Å². The summed E-state index contributed by atoms with van der Waals surface area (Å²) in [4.78, 5) is 10.8. The van der Waals surface area contributed by atoms with Gasteiger partial charge >= 0.3 is 0 Å². The molecule has 2 heterocycles. The Morgan fingerprint density at radius 3 is 2.82 bits per heavy atom. The summed E-state index contributed by atoms with van der Waals surface area (Å²) in [7, 11) is 0. The van der Waals surface area contributed by atoms with Crippen molar-refractivity contribution >= 4 is 5.82 Å². The van der Waals surface area contributed by atoms with Gasteiger partial charge in [0.15, 0.2) is 0 Å². The van der Waals surface area contributed by atoms with Crippen molar-refractivity contribution in [3.8, 4) is 0 Å². The second-order valence-corrected chi connectivity index (χ2v) is 4.09. The van der Waals surface area contributed by atoms with E-state index in [2.05, 4.69) is 14.9 Å². The zero-order valence-corrected chi connectivity index (χ0v) is 9.96. The van der Waals surface area contributed by atoms with Gasteiger partial charge in [-0.25, -0.2) is 9.97 Å². The van der Waals surface area contributed by atoms with Crippen LogP contribution in [-0.4, -0.2) is 48.0 Å². The van der Waals surface area contributed by atoms with Crippen LogP contribution in [-0.2, 0) is 4.74 Å². The fourth-order valence-electron chi connectivity index (χ4n) is 1.81. The van der Waals surface area contributed by atoms with Gasteiger partial charge in [0.25, 0.3) is 0 Å². The van der Waals surface area contributed by atoms with Crippen molar-refractivity contribution in [3.63, 3.8) is 0 Å². The molecule has 6 nitrogen and oxygen atoms in total. The molecule has 1 atom stereocenters. The predicted molar refractivity (Wildman–Crippen MR) is 63.8 cm³/mol. The standard InChI is InChI=1S/C11H18N4O2/c1-8-13-10(9(12)7-16)6-11(14-8)15-2-4-17-5-3-15/h6,9,16H,2-5,7,12H2,1H3. The molecule has 0 aromatic carbocycles. The fraction of sp³-hybridized carbons (Fsp3) is 0.636. The minimum absolute atomic E-state index is 0.112. The number of nitrogens with two attached hydrogens (primary N) is 1. The lowest BCUT2D eigenvalue weighted by molar-refractivity contribution is 0.122. The molecule has 94 valence electrons. The number of aliphatic hydroxyl groups is 1. The van der Waals surface area contributed by atoms with E-state index in [1.54, 1.807) is 0 Å². The van der Waals surface area contributed by atoms with Crippen LogP contribution >= 0.6 is 0 Å². The van der Waals surface area contributed by atoms with Gasteiger partial charge in [-0.05, 0) is 6.92 Å². The summed E-state index contributed by atoms with van der Waals surface area (Å²) < 4.78 is 5.30. The summed E-state index contributed by atoms with van der Waals surface area (Å²) in [6.45, 7) is 4.79. The number of anilines is 1. The highest BCUT2D eigenvalue weighted by molar-refractivity contribution is 5.40. The van der Waals surface area contributed by atoms with Crippen LogP contribution in [0.25, 0.3) is 0 Å². The summed E-state index contributed by atoms with van der Waals surface area (Å²) in [5.41, 5.74) is 6.46. The molecule has 1 fully saturated rings. The number of aryl methyl sites for hydroxylation is 1. The highest BCUT2D eigenvalue weighted by atomic mass is 16.5. The van der Waals surface area contributed by atoms with Crippen LogP contribution in [0.2, 0.25) is 0 Å². The topological polar surface area (TPSA) is 84.5 Å². The van der Waals surface area contributed by atoms with Gasteiger partial charge in [0, 0.05) is 19.2 Å². The quantitative estimate of drug-likeness (QED) is 0.746. The van der Waals surface area contributed by atoms with Crippen molar-refractivity contribution in [3.05, 3.63) is 17.6 Å². The number of morpholine rings is 1. The van der Waals surface area contributed by atoms with E-state index in [1.807, 2.05) is 13.0 Å². The molecule has 1 aromatic rings. The summed E-state index contributed by atoms with van der Waals surface area (Å²) in [6.07, 6.45) is 0. The van der Waals surface area contributed by atoms with Gasteiger partial charge in [-0.15, -0.1) is 0 Å². The van der Waals surface area contributed by atoms with Crippen molar-refractivity contribution < 1.29 is 9.84 Å². The minimum Gasteiger partial charge on any atom is -0.394 e. The van der Waals surface area contributed by atoms with Crippen LogP contribution in [0.15, 0.2) is 6.07 Å². The lowest BCUT2D eigenvalue weighted by atomic mass is 10.2. The van der Waals surface area contributed by atoms with Crippen molar-refractivity contribution in [1.29, 1.82) is 0 Å². The molecule has 0 spiro atoms. The van der Waals surface area contributed by atoms with Crippen LogP contribution in [0.1, 0.15) is 17.6 Å². The van der Waals surface area contributed by atoms with E-state index in [4.69, 9.17) is 15.6 Å². The predicted octanol–water partition coefficient (Wildman–Crippen LogP) is -0.386. The molecule has 0 aliphatic carbocycles. The number of hydrogen-bond donors (Lipinski definition) is 2. The highest BCUT2D eigenvalue weighted by Gasteiger charge is 2.16. The van der Waals surface area contributed by atoms with E-state index in [0.717, 1.165) is 18.9 Å². The number of aliphatic hydroxyl groups excluding tert-OH is 1. The van der Waals surface area contributed by atoms with E-state index in [0.29, 0.717) is 24.7 Å². The molecule has 17 heavy (non-hydrogen) atoms. The summed E-state index contributed by atoms with van der Waals surface area (Å²) >= 11 is 0. The molecule has 3 N–H and O–H groups in total. The molecular weight excluding hydrogens is 220 g/mol. The van der Waals surface area contributed by atoms with Gasteiger partial charge in [0.05, 0.1) is 31.6 Å². The first kappa shape index (κ1) is 12.2. The Bertz CT molecular complexity index is 380. The van der Waals surface area contributed by atoms with Crippen LogP contribution in [0.4, 0.5) is 5.82 Å². The average molecular weight is 238 g/mol. The fourth-order valence-corrected chi connectivity index (χ4v) is 1.81. The number of nitrogens with zero attached hydrogens (tertiary/aromatic N) is 3. The van der Waals surface area contributed by atoms with Crippen LogP contribution < -0.4 is 10.6 Å². The van der Waals surface area contributed by atoms with Gasteiger partial charge in [-0.3, -0.25) is 0 Å². The van der Waals surface area contributed by atoms with Gasteiger partial charge < -0.3 is 20.5 Å². The lowest BCUT2D eigenvalue weighted by Gasteiger charge is -2.28. The zero-order valence-electron chi connectivity index (χ0n) is 9.96. The van der Waals surface area contributed by atoms with Crippen LogP contribution in [0, 0.1) is 6.92 Å². The molecule has 0 bridgehead atoms. The summed E-state index contributed by atoms with van der Waals surface area (Å²) in [5, 5.41) is 9.06. The molecule has 1 aromatic heterocycles. The Morgan fingerprint density at radius 2 is 2.18 bits per heavy atom. The minimum atomic E-state index is -0.448. The van der Waals surface area contributed by atoms with Crippen molar-refractivity contribution in [2.75, 3.05) is 37.8 Å². The van der Waals surface area contributed by atoms with E-state index in [-0.39, 0.29) is 6.61 Å². The smallest absolute Gasteiger partial charge is 0.132 e. The number of rotatable bonds is 3. The normalized spacial score (nSPS) is 18.2. The van der Waals surface area contributed by atoms with Gasteiger partial charge in [-0.1, -0.05) is 0 Å². The maximum absolute atomic E-state index is 9.06. The third kappa shape index (κ3) is 2.91. The highest BCUT2D eigenvalue weighted by Crippen LogP contribution is 2.17. The Kier molecular flexibility index (Phi) is 3.88. The Labute approximate surface area is 100 Å². The Hall–Kier alpha value is -1.24. The maximum Gasteiger partial charge on any atom is 0.132 e. The molecule has 0 saturated carbocycles. The molecule has 1 aliphatic heterocycles. The maximum atomic E-state index is 9.06. The van der Waals surface area contributed by atoms with E-state index in [9.17, 15) is 0 Å². The van der Waals surface area contributed by atoms with E-state index >= 15 is 0 Å². The van der Waals surface area contributed by atoms with Crippen LogP contribution in [0.5, 0.6) is 0 Å². The first-order valence-corrected chi connectivity index (χ1v) is 5.75. The number of aromatic nitrogens is 2. The number of hydrogen-bond acceptors (Lipinski definition) is 6. The van der Waals surface area contributed by atoms with Crippen molar-refractivity contribution in [1.82, 2.24) is 9.97 Å². The van der Waals surface area contributed by atoms with E-state index < -0.39 is 6.04 Å². The van der Waals surface area contributed by atoms with Crippen molar-refractivity contribution in [2.45, 2.75) is 13.0 Å². The van der Waals surface area contributed by atoms with Gasteiger partial charge in [-0.2, -0.15) is 0 Å². The molecule has 0 radical (unpaired) electrons. The largest absolute Gasteiger partial charge is 0.394 e. The second kappa shape index (κ2) is 5.39. The first-order chi connectivity index (χ1) is 8.20. The molecular formula is C11H18N4O2. The average Bonchev–Trinajstić information content (AvgIpc) is 2.38. The lowest BCUT2D eigenvalue weighted by Crippen LogP contribution is -2.37. The van der Waals surface area contributed by atoms with Gasteiger partial charge in [0.2, 0.25) is 0 Å². The monoisotopic (exact) mass is 238 g/mol. The number of ether oxygens (including phenoxy) is 1. The summed E-state index contributed by atoms with van der Waals surface area (Å²) in [5.74, 6) is 1.53. The molecule has 6 heteroatoms. The van der Waals surface area contributed by atoms with Gasteiger partial charge in [0.1, 0.15) is 11.6 Å². The summed E-state index contributed by atoms with van der Waals surface area (Å²) in [6, 6.07) is 1.40. The third-order valence-corrected chi connectivity index (χ3v) is 2.76. The Morgan fingerprint density at radius 1 is 1.47 bits per heavy atom. The van der Waals surface area contributed by atoms with Crippen LogP contribution in [0.3, 0.4) is 0 Å². The molecule has 1 unspecified atom stereocenters. The zero-order chi connectivity index (χ0) is 12.3. The third-order valence-electron chi connectivity index (χ3n) is 2.76. The Balaban J connectivity index is 2.24. The molecule has 1 aliphatic rings.